The van der Waals surface area contributed by atoms with E-state index in [-0.39, 0.29) is 28.3 Å². The molecule has 4 atom stereocenters. The maximum atomic E-state index is 11.4. The molecule has 0 amide bonds. The molecule has 5 rings (SSSR count). The quantitative estimate of drug-likeness (QED) is 0.196. The smallest absolute Gasteiger partial charge is 0.335 e. The van der Waals surface area contributed by atoms with Gasteiger partial charge < -0.3 is 19.3 Å². The molecule has 1 heterocycles. The molecule has 0 bridgehead atoms. The van der Waals surface area contributed by atoms with Crippen LogP contribution in [0.4, 0.5) is 0 Å². The SMILES string of the molecule is O=C(O)c1ccc(CC2S[C@@H](COCc3ccccc3)[C@@H](OCc3ccccc3)[C@@H]2OCc2ccccc2)cc1. The van der Waals surface area contributed by atoms with Gasteiger partial charge in [0.05, 0.1) is 49.4 Å². The maximum absolute atomic E-state index is 11.4. The third-order valence-electron chi connectivity index (χ3n) is 7.01. The number of hydrogen-bond acceptors (Lipinski definition) is 5. The predicted molar refractivity (Wildman–Crippen MR) is 158 cm³/mol. The van der Waals surface area contributed by atoms with Gasteiger partial charge in [-0.05, 0) is 40.8 Å². The van der Waals surface area contributed by atoms with Crippen LogP contribution >= 0.6 is 11.8 Å². The second kappa shape index (κ2) is 14.3. The van der Waals surface area contributed by atoms with Crippen LogP contribution in [-0.2, 0) is 40.5 Å². The Balaban J connectivity index is 1.35. The second-order valence-corrected chi connectivity index (χ2v) is 11.4. The van der Waals surface area contributed by atoms with E-state index in [0.717, 1.165) is 28.7 Å². The number of benzene rings is 4. The Labute approximate surface area is 240 Å². The van der Waals surface area contributed by atoms with Crippen LogP contribution in [0.5, 0.6) is 0 Å². The molecular formula is C34H34O5S. The topological polar surface area (TPSA) is 65.0 Å². The summed E-state index contributed by atoms with van der Waals surface area (Å²) in [6.07, 6.45) is 0.399. The summed E-state index contributed by atoms with van der Waals surface area (Å²) in [4.78, 5) is 11.4. The van der Waals surface area contributed by atoms with E-state index in [1.807, 2.05) is 78.5 Å². The Morgan fingerprint density at radius 2 is 1.07 bits per heavy atom. The Morgan fingerprint density at radius 1 is 0.600 bits per heavy atom. The van der Waals surface area contributed by atoms with Crippen LogP contribution in [0.1, 0.15) is 32.6 Å². The lowest BCUT2D eigenvalue weighted by Gasteiger charge is -2.27. The summed E-state index contributed by atoms with van der Waals surface area (Å²) >= 11 is 1.85. The summed E-state index contributed by atoms with van der Waals surface area (Å²) in [7, 11) is 0. The first-order valence-corrected chi connectivity index (χ1v) is 14.5. The molecule has 0 spiro atoms. The van der Waals surface area contributed by atoms with E-state index in [1.54, 1.807) is 12.1 Å². The first-order valence-electron chi connectivity index (χ1n) is 13.6. The molecular weight excluding hydrogens is 520 g/mol. The van der Waals surface area contributed by atoms with Crippen LogP contribution in [0, 0.1) is 0 Å². The highest BCUT2D eigenvalue weighted by molar-refractivity contribution is 8.01. The lowest BCUT2D eigenvalue weighted by Crippen LogP contribution is -2.39. The normalized spacial score (nSPS) is 20.4. The van der Waals surface area contributed by atoms with E-state index >= 15 is 0 Å². The Kier molecular flexibility index (Phi) is 10.0. The van der Waals surface area contributed by atoms with Gasteiger partial charge in [0, 0.05) is 5.25 Å². The molecule has 0 aliphatic carbocycles. The van der Waals surface area contributed by atoms with Crippen molar-refractivity contribution in [2.45, 2.75) is 48.9 Å². The highest BCUT2D eigenvalue weighted by Crippen LogP contribution is 2.41. The molecule has 1 N–H and O–H groups in total. The summed E-state index contributed by atoms with van der Waals surface area (Å²) < 4.78 is 19.5. The maximum Gasteiger partial charge on any atom is 0.335 e. The van der Waals surface area contributed by atoms with Crippen molar-refractivity contribution in [1.82, 2.24) is 0 Å². The van der Waals surface area contributed by atoms with E-state index in [2.05, 4.69) is 36.4 Å². The van der Waals surface area contributed by atoms with Crippen molar-refractivity contribution >= 4 is 17.7 Å². The molecule has 1 fully saturated rings. The van der Waals surface area contributed by atoms with E-state index in [1.165, 1.54) is 0 Å². The minimum absolute atomic E-state index is 0.0801. The minimum Gasteiger partial charge on any atom is -0.478 e. The lowest BCUT2D eigenvalue weighted by atomic mass is 10.00. The van der Waals surface area contributed by atoms with E-state index in [0.29, 0.717) is 26.4 Å². The third kappa shape index (κ3) is 7.83. The largest absolute Gasteiger partial charge is 0.478 e. The highest BCUT2D eigenvalue weighted by Gasteiger charge is 2.45. The van der Waals surface area contributed by atoms with Gasteiger partial charge in [0.1, 0.15) is 0 Å². The summed E-state index contributed by atoms with van der Waals surface area (Å²) in [5.41, 5.74) is 4.73. The van der Waals surface area contributed by atoms with Gasteiger partial charge >= 0.3 is 5.97 Å². The summed E-state index contributed by atoms with van der Waals surface area (Å²) in [5, 5.41) is 9.51. The molecule has 0 saturated carbocycles. The van der Waals surface area contributed by atoms with Crippen LogP contribution in [0.15, 0.2) is 115 Å². The van der Waals surface area contributed by atoms with Crippen LogP contribution in [0.25, 0.3) is 0 Å². The number of hydrogen-bond donors (Lipinski definition) is 1. The summed E-state index contributed by atoms with van der Waals surface area (Å²) in [5.74, 6) is -0.920. The fraction of sp³-hybridized carbons (Fsp3) is 0.265. The van der Waals surface area contributed by atoms with Crippen molar-refractivity contribution < 1.29 is 24.1 Å². The molecule has 5 nitrogen and oxygen atoms in total. The van der Waals surface area contributed by atoms with Gasteiger partial charge in [0.2, 0.25) is 0 Å². The van der Waals surface area contributed by atoms with Gasteiger partial charge in [-0.1, -0.05) is 103 Å². The van der Waals surface area contributed by atoms with Crippen molar-refractivity contribution in [3.63, 3.8) is 0 Å². The van der Waals surface area contributed by atoms with Crippen molar-refractivity contribution in [2.75, 3.05) is 6.61 Å². The fourth-order valence-corrected chi connectivity index (χ4v) is 6.61. The van der Waals surface area contributed by atoms with E-state index < -0.39 is 5.97 Å². The average molecular weight is 555 g/mol. The van der Waals surface area contributed by atoms with Gasteiger partial charge in [-0.15, -0.1) is 11.8 Å². The standard InChI is InChI=1S/C34H34O5S/c35-34(36)29-18-16-25(17-19-29)20-30-32(38-22-27-12-6-2-7-13-27)33(39-23-28-14-8-3-9-15-28)31(40-30)24-37-21-26-10-4-1-5-11-26/h1-19,30-33H,20-24H2,(H,35,36)/t30?,31-,32+,33+/m0/s1. The lowest BCUT2D eigenvalue weighted by molar-refractivity contribution is -0.0854. The minimum atomic E-state index is -0.920. The molecule has 6 heteroatoms. The summed E-state index contributed by atoms with van der Waals surface area (Å²) in [6, 6.07) is 37.7. The molecule has 40 heavy (non-hydrogen) atoms. The van der Waals surface area contributed by atoms with E-state index in [4.69, 9.17) is 14.2 Å². The highest BCUT2D eigenvalue weighted by atomic mass is 32.2. The molecule has 206 valence electrons. The molecule has 1 saturated heterocycles. The predicted octanol–water partition coefficient (Wildman–Crippen LogP) is 6.80. The van der Waals surface area contributed by atoms with Gasteiger partial charge in [-0.3, -0.25) is 0 Å². The zero-order chi connectivity index (χ0) is 27.6. The van der Waals surface area contributed by atoms with Crippen molar-refractivity contribution in [2.24, 2.45) is 0 Å². The zero-order valence-corrected chi connectivity index (χ0v) is 23.1. The van der Waals surface area contributed by atoms with Crippen molar-refractivity contribution in [1.29, 1.82) is 0 Å². The molecule has 1 aliphatic heterocycles. The molecule has 1 unspecified atom stereocenters. The number of ether oxygens (including phenoxy) is 3. The van der Waals surface area contributed by atoms with Crippen LogP contribution in [0.3, 0.4) is 0 Å². The Hall–Kier alpha value is -3.42. The number of aromatic carboxylic acids is 1. The van der Waals surface area contributed by atoms with Crippen LogP contribution in [-0.4, -0.2) is 40.4 Å². The van der Waals surface area contributed by atoms with Crippen molar-refractivity contribution in [3.8, 4) is 0 Å². The first kappa shape index (κ1) is 28.1. The molecule has 4 aromatic carbocycles. The van der Waals surface area contributed by atoms with Gasteiger partial charge in [-0.2, -0.15) is 0 Å². The number of rotatable bonds is 13. The number of carbonyl (C=O) groups is 1. The molecule has 1 aliphatic rings. The summed E-state index contributed by atoms with van der Waals surface area (Å²) in [6.45, 7) is 2.06. The zero-order valence-electron chi connectivity index (χ0n) is 22.3. The molecule has 0 radical (unpaired) electrons. The van der Waals surface area contributed by atoms with Gasteiger partial charge in [0.15, 0.2) is 0 Å². The molecule has 0 aromatic heterocycles. The monoisotopic (exact) mass is 554 g/mol. The second-order valence-electron chi connectivity index (χ2n) is 9.94. The van der Waals surface area contributed by atoms with Gasteiger partial charge in [-0.25, -0.2) is 4.79 Å². The number of thioether (sulfide) groups is 1. The average Bonchev–Trinajstić information content (AvgIpc) is 3.32. The number of carboxylic acid groups (broad SMARTS) is 1. The Bertz CT molecular complexity index is 1320. The third-order valence-corrected chi connectivity index (χ3v) is 8.55. The Morgan fingerprint density at radius 3 is 1.57 bits per heavy atom. The van der Waals surface area contributed by atoms with Gasteiger partial charge in [0.25, 0.3) is 0 Å². The fourth-order valence-electron chi connectivity index (χ4n) is 4.92. The first-order chi connectivity index (χ1) is 19.7. The van der Waals surface area contributed by atoms with E-state index in [9.17, 15) is 9.90 Å². The van der Waals surface area contributed by atoms with Crippen molar-refractivity contribution in [3.05, 3.63) is 143 Å². The molecule has 4 aromatic rings. The number of carboxylic acids is 1. The van der Waals surface area contributed by atoms with Crippen LogP contribution in [0.2, 0.25) is 0 Å². The van der Waals surface area contributed by atoms with Crippen LogP contribution < -0.4 is 0 Å².